The second-order valence-corrected chi connectivity index (χ2v) is 2.64. The van der Waals surface area contributed by atoms with E-state index in [1.807, 2.05) is 17.8 Å². The Labute approximate surface area is 61.0 Å². The Kier molecular flexibility index (Phi) is 1.94. The molecule has 1 aromatic heterocycles. The van der Waals surface area contributed by atoms with Gasteiger partial charge in [-0.05, 0) is 13.8 Å². The molecule has 0 unspecified atom stereocenters. The SMILES string of the molecule is CC(C)Nc1ccnn1C. The van der Waals surface area contributed by atoms with Gasteiger partial charge in [0.1, 0.15) is 5.82 Å². The van der Waals surface area contributed by atoms with Gasteiger partial charge in [-0.1, -0.05) is 0 Å². The van der Waals surface area contributed by atoms with E-state index in [4.69, 9.17) is 0 Å². The van der Waals surface area contributed by atoms with Gasteiger partial charge in [0.25, 0.3) is 0 Å². The third-order valence-electron chi connectivity index (χ3n) is 1.26. The molecule has 56 valence electrons. The van der Waals surface area contributed by atoms with Gasteiger partial charge in [0.2, 0.25) is 0 Å². The van der Waals surface area contributed by atoms with Crippen LogP contribution in [0.5, 0.6) is 0 Å². The maximum Gasteiger partial charge on any atom is 0.124 e. The van der Waals surface area contributed by atoms with Crippen molar-refractivity contribution in [1.82, 2.24) is 9.78 Å². The smallest absolute Gasteiger partial charge is 0.124 e. The lowest BCUT2D eigenvalue weighted by molar-refractivity contribution is 0.753. The lowest BCUT2D eigenvalue weighted by Crippen LogP contribution is -2.12. The molecule has 1 N–H and O–H groups in total. The molecule has 0 saturated carbocycles. The minimum Gasteiger partial charge on any atom is -0.368 e. The third kappa shape index (κ3) is 1.50. The highest BCUT2D eigenvalue weighted by molar-refractivity contribution is 5.34. The van der Waals surface area contributed by atoms with Crippen LogP contribution in [0.25, 0.3) is 0 Å². The zero-order valence-electron chi connectivity index (χ0n) is 6.63. The second-order valence-electron chi connectivity index (χ2n) is 2.64. The summed E-state index contributed by atoms with van der Waals surface area (Å²) in [4.78, 5) is 0. The summed E-state index contributed by atoms with van der Waals surface area (Å²) in [6.07, 6.45) is 1.78. The normalized spacial score (nSPS) is 10.4. The minimum atomic E-state index is 0.468. The number of nitrogens with zero attached hydrogens (tertiary/aromatic N) is 2. The molecule has 0 aliphatic rings. The molecule has 0 amide bonds. The van der Waals surface area contributed by atoms with E-state index in [9.17, 15) is 0 Å². The Bertz CT molecular complexity index is 202. The van der Waals surface area contributed by atoms with Crippen LogP contribution < -0.4 is 5.32 Å². The molecular formula is C7H13N3. The van der Waals surface area contributed by atoms with Crippen molar-refractivity contribution in [2.45, 2.75) is 19.9 Å². The Morgan fingerprint density at radius 2 is 2.30 bits per heavy atom. The van der Waals surface area contributed by atoms with Crippen molar-refractivity contribution >= 4 is 5.82 Å². The predicted octanol–water partition coefficient (Wildman–Crippen LogP) is 1.24. The summed E-state index contributed by atoms with van der Waals surface area (Å²) in [5.41, 5.74) is 0. The number of hydrogen-bond donors (Lipinski definition) is 1. The summed E-state index contributed by atoms with van der Waals surface area (Å²) in [5, 5.41) is 7.28. The van der Waals surface area contributed by atoms with Gasteiger partial charge in [0.05, 0.1) is 6.20 Å². The van der Waals surface area contributed by atoms with Gasteiger partial charge < -0.3 is 5.32 Å². The summed E-state index contributed by atoms with van der Waals surface area (Å²) in [6.45, 7) is 4.21. The first-order valence-corrected chi connectivity index (χ1v) is 3.44. The number of rotatable bonds is 2. The van der Waals surface area contributed by atoms with Crippen LogP contribution in [0.3, 0.4) is 0 Å². The van der Waals surface area contributed by atoms with Gasteiger partial charge in [-0.2, -0.15) is 5.10 Å². The number of aromatic nitrogens is 2. The van der Waals surface area contributed by atoms with E-state index in [1.165, 1.54) is 0 Å². The Morgan fingerprint density at radius 3 is 2.70 bits per heavy atom. The summed E-state index contributed by atoms with van der Waals surface area (Å²) in [6, 6.07) is 2.43. The Hall–Kier alpha value is -0.990. The van der Waals surface area contributed by atoms with Gasteiger partial charge in [0.15, 0.2) is 0 Å². The number of nitrogens with one attached hydrogen (secondary N) is 1. The van der Waals surface area contributed by atoms with E-state index in [0.29, 0.717) is 6.04 Å². The highest BCUT2D eigenvalue weighted by Gasteiger charge is 1.97. The minimum absolute atomic E-state index is 0.468. The monoisotopic (exact) mass is 139 g/mol. The molecule has 3 heteroatoms. The summed E-state index contributed by atoms with van der Waals surface area (Å²) in [7, 11) is 1.92. The van der Waals surface area contributed by atoms with E-state index in [1.54, 1.807) is 6.20 Å². The van der Waals surface area contributed by atoms with E-state index in [2.05, 4.69) is 24.3 Å². The lowest BCUT2D eigenvalue weighted by atomic mass is 10.4. The first kappa shape index (κ1) is 7.12. The molecule has 3 nitrogen and oxygen atoms in total. The van der Waals surface area contributed by atoms with E-state index < -0.39 is 0 Å². The molecule has 1 rings (SSSR count). The van der Waals surface area contributed by atoms with Crippen molar-refractivity contribution in [3.8, 4) is 0 Å². The first-order chi connectivity index (χ1) is 4.70. The van der Waals surface area contributed by atoms with Crippen LogP contribution in [0, 0.1) is 0 Å². The molecule has 0 saturated heterocycles. The third-order valence-corrected chi connectivity index (χ3v) is 1.26. The van der Waals surface area contributed by atoms with Crippen LogP contribution in [-0.4, -0.2) is 15.8 Å². The van der Waals surface area contributed by atoms with Crippen LogP contribution in [0.1, 0.15) is 13.8 Å². The summed E-state index contributed by atoms with van der Waals surface area (Å²) in [5.74, 6) is 1.06. The van der Waals surface area contributed by atoms with Gasteiger partial charge in [-0.15, -0.1) is 0 Å². The van der Waals surface area contributed by atoms with Crippen molar-refractivity contribution in [3.05, 3.63) is 12.3 Å². The highest BCUT2D eigenvalue weighted by atomic mass is 15.3. The van der Waals surface area contributed by atoms with E-state index in [0.717, 1.165) is 5.82 Å². The van der Waals surface area contributed by atoms with E-state index in [-0.39, 0.29) is 0 Å². The molecular weight excluding hydrogens is 126 g/mol. The Balaban J connectivity index is 2.65. The lowest BCUT2D eigenvalue weighted by Gasteiger charge is -2.08. The van der Waals surface area contributed by atoms with Crippen molar-refractivity contribution in [1.29, 1.82) is 0 Å². The van der Waals surface area contributed by atoms with Crippen LogP contribution in [0.2, 0.25) is 0 Å². The van der Waals surface area contributed by atoms with Gasteiger partial charge in [-0.3, -0.25) is 4.68 Å². The van der Waals surface area contributed by atoms with Crippen molar-refractivity contribution in [2.24, 2.45) is 7.05 Å². The highest BCUT2D eigenvalue weighted by Crippen LogP contribution is 2.04. The largest absolute Gasteiger partial charge is 0.368 e. The molecule has 0 aromatic carbocycles. The van der Waals surface area contributed by atoms with Crippen LogP contribution >= 0.6 is 0 Å². The fraction of sp³-hybridized carbons (Fsp3) is 0.571. The van der Waals surface area contributed by atoms with E-state index >= 15 is 0 Å². The zero-order chi connectivity index (χ0) is 7.56. The molecule has 1 aromatic rings. The quantitative estimate of drug-likeness (QED) is 0.668. The van der Waals surface area contributed by atoms with Crippen molar-refractivity contribution < 1.29 is 0 Å². The molecule has 0 aliphatic heterocycles. The predicted molar refractivity (Wildman–Crippen MR) is 42.0 cm³/mol. The number of hydrogen-bond acceptors (Lipinski definition) is 2. The van der Waals surface area contributed by atoms with Gasteiger partial charge >= 0.3 is 0 Å². The van der Waals surface area contributed by atoms with Gasteiger partial charge in [-0.25, -0.2) is 0 Å². The molecule has 0 radical (unpaired) electrons. The average Bonchev–Trinajstić information content (AvgIpc) is 2.15. The molecule has 10 heavy (non-hydrogen) atoms. The zero-order valence-corrected chi connectivity index (χ0v) is 6.63. The maximum atomic E-state index is 4.02. The summed E-state index contributed by atoms with van der Waals surface area (Å²) >= 11 is 0. The molecule has 0 aliphatic carbocycles. The standard InChI is InChI=1S/C7H13N3/c1-6(2)9-7-4-5-8-10(7)3/h4-6,9H,1-3H3. The fourth-order valence-corrected chi connectivity index (χ4v) is 0.811. The number of anilines is 1. The van der Waals surface area contributed by atoms with Crippen LogP contribution in [0.4, 0.5) is 5.82 Å². The molecule has 0 spiro atoms. The van der Waals surface area contributed by atoms with Crippen molar-refractivity contribution in [2.75, 3.05) is 5.32 Å². The number of aryl methyl sites for hydroxylation is 1. The van der Waals surface area contributed by atoms with Crippen LogP contribution in [-0.2, 0) is 7.05 Å². The summed E-state index contributed by atoms with van der Waals surface area (Å²) < 4.78 is 1.82. The molecule has 0 bridgehead atoms. The molecule has 0 fully saturated rings. The average molecular weight is 139 g/mol. The fourth-order valence-electron chi connectivity index (χ4n) is 0.811. The van der Waals surface area contributed by atoms with Gasteiger partial charge in [0, 0.05) is 19.2 Å². The topological polar surface area (TPSA) is 29.9 Å². The first-order valence-electron chi connectivity index (χ1n) is 3.44. The Morgan fingerprint density at radius 1 is 1.60 bits per heavy atom. The maximum absolute atomic E-state index is 4.02. The van der Waals surface area contributed by atoms with Crippen molar-refractivity contribution in [3.63, 3.8) is 0 Å². The van der Waals surface area contributed by atoms with Crippen LogP contribution in [0.15, 0.2) is 12.3 Å². The molecule has 1 heterocycles. The molecule has 0 atom stereocenters. The second kappa shape index (κ2) is 2.73.